The molecule has 3 N–H and O–H groups in total. The number of rotatable bonds is 9. The van der Waals surface area contributed by atoms with E-state index in [4.69, 9.17) is 4.74 Å². The Labute approximate surface area is 166 Å². The first-order valence-corrected chi connectivity index (χ1v) is 10.0. The number of hydrogen-bond donors (Lipinski definition) is 3. The predicted octanol–water partition coefficient (Wildman–Crippen LogP) is 2.71. The summed E-state index contributed by atoms with van der Waals surface area (Å²) in [5.74, 6) is 0.752. The molecule has 0 saturated heterocycles. The van der Waals surface area contributed by atoms with Crippen LogP contribution in [0.15, 0.2) is 48.5 Å². The van der Waals surface area contributed by atoms with Crippen LogP contribution in [0.2, 0.25) is 0 Å². The normalized spacial score (nSPS) is 11.1. The largest absolute Gasteiger partial charge is 0.489 e. The number of carbonyl (C=O) groups is 1. The van der Waals surface area contributed by atoms with E-state index in [2.05, 4.69) is 24.1 Å². The summed E-state index contributed by atoms with van der Waals surface area (Å²) in [5.41, 5.74) is 3.66. The van der Waals surface area contributed by atoms with Gasteiger partial charge in [0.15, 0.2) is 0 Å². The van der Waals surface area contributed by atoms with Crippen LogP contribution in [0.25, 0.3) is 10.9 Å². The maximum Gasteiger partial charge on any atom is 0.268 e. The lowest BCUT2D eigenvalue weighted by Gasteiger charge is -2.15. The smallest absolute Gasteiger partial charge is 0.268 e. The molecule has 1 heterocycles. The molecular weight excluding hydrogens is 350 g/mol. The van der Waals surface area contributed by atoms with E-state index in [0.29, 0.717) is 18.8 Å². The highest BCUT2D eigenvalue weighted by atomic mass is 16.5. The maximum absolute atomic E-state index is 12.6. The summed E-state index contributed by atoms with van der Waals surface area (Å²) in [6.07, 6.45) is 0. The van der Waals surface area contributed by atoms with Crippen LogP contribution in [0.4, 0.5) is 0 Å². The molecule has 0 fully saturated rings. The third kappa shape index (κ3) is 4.73. The molecule has 1 amide bonds. The molecule has 148 valence electrons. The lowest BCUT2D eigenvalue weighted by Crippen LogP contribution is -3.12. The Morgan fingerprint density at radius 1 is 1.11 bits per heavy atom. The van der Waals surface area contributed by atoms with Gasteiger partial charge in [0.25, 0.3) is 5.91 Å². The molecule has 0 bridgehead atoms. The van der Waals surface area contributed by atoms with Gasteiger partial charge < -0.3 is 19.9 Å². The van der Waals surface area contributed by atoms with Gasteiger partial charge in [0.1, 0.15) is 18.1 Å². The lowest BCUT2D eigenvalue weighted by atomic mass is 10.1. The highest BCUT2D eigenvalue weighted by Gasteiger charge is 2.15. The highest BCUT2D eigenvalue weighted by Crippen LogP contribution is 2.26. The molecule has 2 aromatic carbocycles. The first-order chi connectivity index (χ1) is 13.6. The van der Waals surface area contributed by atoms with E-state index in [0.717, 1.165) is 47.4 Å². The van der Waals surface area contributed by atoms with Crippen molar-refractivity contribution in [2.24, 2.45) is 0 Å². The minimum atomic E-state index is -0.0491. The van der Waals surface area contributed by atoms with Gasteiger partial charge >= 0.3 is 0 Å². The Morgan fingerprint density at radius 3 is 2.57 bits per heavy atom. The van der Waals surface area contributed by atoms with Gasteiger partial charge in [0.05, 0.1) is 26.2 Å². The van der Waals surface area contributed by atoms with Crippen molar-refractivity contribution in [3.05, 3.63) is 65.4 Å². The fourth-order valence-electron chi connectivity index (χ4n) is 3.41. The van der Waals surface area contributed by atoms with Gasteiger partial charge in [-0.2, -0.15) is 0 Å². The summed E-state index contributed by atoms with van der Waals surface area (Å²) in [7, 11) is 0. The number of aromatic nitrogens is 1. The van der Waals surface area contributed by atoms with Crippen LogP contribution < -0.4 is 15.0 Å². The van der Waals surface area contributed by atoms with Crippen molar-refractivity contribution in [1.82, 2.24) is 10.3 Å². The molecule has 0 radical (unpaired) electrons. The summed E-state index contributed by atoms with van der Waals surface area (Å²) in [6, 6.07) is 16.0. The van der Waals surface area contributed by atoms with Crippen LogP contribution in [0, 0.1) is 6.92 Å². The average molecular weight is 381 g/mol. The van der Waals surface area contributed by atoms with Crippen LogP contribution in [0.3, 0.4) is 0 Å². The summed E-state index contributed by atoms with van der Waals surface area (Å²) < 4.78 is 5.92. The molecular formula is C23H30N3O2+. The molecule has 3 aromatic rings. The Morgan fingerprint density at radius 2 is 1.86 bits per heavy atom. The zero-order chi connectivity index (χ0) is 19.9. The van der Waals surface area contributed by atoms with Crippen LogP contribution >= 0.6 is 0 Å². The standard InChI is InChI=1S/C23H29N3O2/c1-4-26(5-2)14-13-24-23(27)22-17(3)20-15-19(11-12-21(20)25-22)28-16-18-9-7-6-8-10-18/h6-12,15,25H,4-5,13-14,16H2,1-3H3,(H,24,27)/p+1. The molecule has 5 heteroatoms. The monoisotopic (exact) mass is 380 g/mol. The Bertz CT molecular complexity index is 914. The number of amides is 1. The second-order valence-electron chi connectivity index (χ2n) is 7.07. The number of ether oxygens (including phenoxy) is 1. The minimum Gasteiger partial charge on any atom is -0.489 e. The average Bonchev–Trinajstić information content (AvgIpc) is 3.06. The number of aryl methyl sites for hydroxylation is 1. The van der Waals surface area contributed by atoms with E-state index < -0.39 is 0 Å². The molecule has 0 spiro atoms. The van der Waals surface area contributed by atoms with Crippen molar-refractivity contribution < 1.29 is 14.4 Å². The number of fused-ring (bicyclic) bond motifs is 1. The first-order valence-electron chi connectivity index (χ1n) is 10.0. The van der Waals surface area contributed by atoms with E-state index >= 15 is 0 Å². The van der Waals surface area contributed by atoms with Gasteiger partial charge in [-0.3, -0.25) is 4.79 Å². The molecule has 0 atom stereocenters. The lowest BCUT2D eigenvalue weighted by molar-refractivity contribution is -0.895. The fraction of sp³-hybridized carbons (Fsp3) is 0.348. The zero-order valence-corrected chi connectivity index (χ0v) is 17.0. The summed E-state index contributed by atoms with van der Waals surface area (Å²) in [4.78, 5) is 17.3. The second-order valence-corrected chi connectivity index (χ2v) is 7.07. The number of H-pyrrole nitrogens is 1. The quantitative estimate of drug-likeness (QED) is 0.535. The van der Waals surface area contributed by atoms with Crippen molar-refractivity contribution in [2.75, 3.05) is 26.2 Å². The van der Waals surface area contributed by atoms with E-state index in [-0.39, 0.29) is 5.91 Å². The van der Waals surface area contributed by atoms with Crippen molar-refractivity contribution >= 4 is 16.8 Å². The molecule has 0 unspecified atom stereocenters. The number of nitrogens with one attached hydrogen (secondary N) is 3. The fourth-order valence-corrected chi connectivity index (χ4v) is 3.41. The molecule has 28 heavy (non-hydrogen) atoms. The molecule has 0 aliphatic carbocycles. The molecule has 5 nitrogen and oxygen atoms in total. The number of likely N-dealkylation sites (N-methyl/N-ethyl adjacent to an activating group) is 1. The molecule has 1 aromatic heterocycles. The van der Waals surface area contributed by atoms with Crippen molar-refractivity contribution in [2.45, 2.75) is 27.4 Å². The molecule has 0 aliphatic heterocycles. The topological polar surface area (TPSA) is 58.6 Å². The third-order valence-corrected chi connectivity index (χ3v) is 5.27. The van der Waals surface area contributed by atoms with E-state index in [1.54, 1.807) is 0 Å². The van der Waals surface area contributed by atoms with Gasteiger partial charge in [-0.25, -0.2) is 0 Å². The number of quaternary nitrogens is 1. The van der Waals surface area contributed by atoms with Crippen LogP contribution in [-0.4, -0.2) is 37.1 Å². The van der Waals surface area contributed by atoms with Gasteiger partial charge in [0.2, 0.25) is 0 Å². The van der Waals surface area contributed by atoms with Gasteiger partial charge in [-0.15, -0.1) is 0 Å². The second kappa shape index (κ2) is 9.42. The van der Waals surface area contributed by atoms with Gasteiger partial charge in [-0.1, -0.05) is 30.3 Å². The number of aromatic amines is 1. The van der Waals surface area contributed by atoms with Crippen molar-refractivity contribution in [1.29, 1.82) is 0 Å². The number of hydrogen-bond acceptors (Lipinski definition) is 2. The maximum atomic E-state index is 12.6. The highest BCUT2D eigenvalue weighted by molar-refractivity contribution is 6.01. The van der Waals surface area contributed by atoms with Crippen LogP contribution in [0.5, 0.6) is 5.75 Å². The predicted molar refractivity (Wildman–Crippen MR) is 113 cm³/mol. The first kappa shape index (κ1) is 20.0. The Hall–Kier alpha value is -2.79. The van der Waals surface area contributed by atoms with Crippen LogP contribution in [0.1, 0.15) is 35.5 Å². The molecule has 0 saturated carbocycles. The van der Waals surface area contributed by atoms with Crippen molar-refractivity contribution in [3.63, 3.8) is 0 Å². The number of carbonyl (C=O) groups excluding carboxylic acids is 1. The number of benzene rings is 2. The van der Waals surface area contributed by atoms with Gasteiger partial charge in [0, 0.05) is 10.9 Å². The van der Waals surface area contributed by atoms with E-state index in [1.807, 2.05) is 55.5 Å². The van der Waals surface area contributed by atoms with Gasteiger partial charge in [-0.05, 0) is 50.1 Å². The summed E-state index contributed by atoms with van der Waals surface area (Å²) >= 11 is 0. The molecule has 0 aliphatic rings. The van der Waals surface area contributed by atoms with E-state index in [1.165, 1.54) is 4.90 Å². The SMILES string of the molecule is CC[NH+](CC)CCNC(=O)c1[nH]c2ccc(OCc3ccccc3)cc2c1C. The van der Waals surface area contributed by atoms with Crippen LogP contribution in [-0.2, 0) is 6.61 Å². The summed E-state index contributed by atoms with van der Waals surface area (Å²) in [5, 5.41) is 4.06. The Balaban J connectivity index is 1.67. The van der Waals surface area contributed by atoms with Crippen molar-refractivity contribution in [3.8, 4) is 5.75 Å². The minimum absolute atomic E-state index is 0.0491. The third-order valence-electron chi connectivity index (χ3n) is 5.27. The molecule has 3 rings (SSSR count). The zero-order valence-electron chi connectivity index (χ0n) is 17.0. The van der Waals surface area contributed by atoms with E-state index in [9.17, 15) is 4.79 Å². The Kier molecular flexibility index (Phi) is 6.71. The summed E-state index contributed by atoms with van der Waals surface area (Å²) in [6.45, 7) is 10.6.